The van der Waals surface area contributed by atoms with Gasteiger partial charge in [0.2, 0.25) is 0 Å². The maximum atomic E-state index is 13.3. The number of carbonyl (C=O) groups is 1. The van der Waals surface area contributed by atoms with Gasteiger partial charge in [0.25, 0.3) is 5.91 Å². The van der Waals surface area contributed by atoms with E-state index in [0.29, 0.717) is 5.82 Å². The Balaban J connectivity index is 1.68. The van der Waals surface area contributed by atoms with E-state index < -0.39 is 17.5 Å². The van der Waals surface area contributed by atoms with Crippen molar-refractivity contribution in [2.45, 2.75) is 13.5 Å². The van der Waals surface area contributed by atoms with Crippen LogP contribution in [0.2, 0.25) is 0 Å². The Kier molecular flexibility index (Phi) is 5.76. The molecule has 0 aliphatic carbocycles. The third-order valence-corrected chi connectivity index (χ3v) is 4.13. The molecule has 3 rings (SSSR count). The van der Waals surface area contributed by atoms with Gasteiger partial charge >= 0.3 is 0 Å². The van der Waals surface area contributed by atoms with Crippen LogP contribution in [-0.2, 0) is 6.54 Å². The largest absolute Gasteiger partial charge is 0.366 e. The number of carbonyl (C=O) groups excluding carboxylic acids is 1. The van der Waals surface area contributed by atoms with E-state index in [2.05, 4.69) is 34.3 Å². The molecule has 0 saturated heterocycles. The van der Waals surface area contributed by atoms with Crippen LogP contribution >= 0.6 is 0 Å². The molecule has 4 nitrogen and oxygen atoms in total. The highest BCUT2D eigenvalue weighted by Gasteiger charge is 2.11. The highest BCUT2D eigenvalue weighted by Crippen LogP contribution is 2.18. The highest BCUT2D eigenvalue weighted by atomic mass is 19.2. The summed E-state index contributed by atoms with van der Waals surface area (Å²) >= 11 is 0. The van der Waals surface area contributed by atoms with Crippen LogP contribution in [-0.4, -0.2) is 17.4 Å². The van der Waals surface area contributed by atoms with Gasteiger partial charge in [0.05, 0.1) is 11.9 Å². The summed E-state index contributed by atoms with van der Waals surface area (Å²) in [6.07, 6.45) is 1.67. The van der Waals surface area contributed by atoms with Gasteiger partial charge in [-0.3, -0.25) is 4.79 Å². The second-order valence-electron chi connectivity index (χ2n) is 5.98. The molecule has 0 radical (unpaired) electrons. The number of hydrogen-bond donors (Lipinski definition) is 1. The van der Waals surface area contributed by atoms with Crippen molar-refractivity contribution in [1.82, 2.24) is 4.98 Å². The molecule has 27 heavy (non-hydrogen) atoms. The number of rotatable bonds is 6. The molecule has 0 atom stereocenters. The van der Waals surface area contributed by atoms with Gasteiger partial charge in [-0.1, -0.05) is 30.3 Å². The minimum absolute atomic E-state index is 0.0269. The molecule has 138 valence electrons. The van der Waals surface area contributed by atoms with E-state index in [4.69, 9.17) is 0 Å². The molecule has 1 amide bonds. The molecule has 6 heteroatoms. The van der Waals surface area contributed by atoms with Crippen molar-refractivity contribution in [3.05, 3.63) is 89.6 Å². The first-order valence-corrected chi connectivity index (χ1v) is 8.58. The van der Waals surface area contributed by atoms with Crippen LogP contribution in [0.4, 0.5) is 20.3 Å². The quantitative estimate of drug-likeness (QED) is 0.690. The van der Waals surface area contributed by atoms with E-state index >= 15 is 0 Å². The lowest BCUT2D eigenvalue weighted by Crippen LogP contribution is -2.22. The third kappa shape index (κ3) is 4.67. The lowest BCUT2D eigenvalue weighted by molar-refractivity contribution is 0.102. The number of nitrogens with one attached hydrogen (secondary N) is 1. The molecule has 0 aliphatic heterocycles. The standard InChI is InChI=1S/C21H19F2N3O/c1-2-26(14-15-6-4-3-5-7-15)17-9-11-20(24-13-17)25-21(27)16-8-10-18(22)19(23)12-16/h3-13H,2,14H2,1H3,(H,24,25,27). The predicted molar refractivity (Wildman–Crippen MR) is 102 cm³/mol. The summed E-state index contributed by atoms with van der Waals surface area (Å²) in [5.41, 5.74) is 2.14. The zero-order chi connectivity index (χ0) is 19.2. The molecule has 0 aliphatic rings. The molecule has 0 unspecified atom stereocenters. The monoisotopic (exact) mass is 367 g/mol. The summed E-state index contributed by atoms with van der Waals surface area (Å²) in [5.74, 6) is -2.27. The fourth-order valence-corrected chi connectivity index (χ4v) is 2.66. The molecule has 1 aromatic heterocycles. The molecule has 1 heterocycles. The van der Waals surface area contributed by atoms with Crippen LogP contribution in [0.25, 0.3) is 0 Å². The first kappa shape index (κ1) is 18.5. The van der Waals surface area contributed by atoms with E-state index in [9.17, 15) is 13.6 Å². The van der Waals surface area contributed by atoms with Crippen LogP contribution in [0.5, 0.6) is 0 Å². The van der Waals surface area contributed by atoms with Gasteiger partial charge in [-0.05, 0) is 42.8 Å². The second-order valence-corrected chi connectivity index (χ2v) is 5.98. The first-order chi connectivity index (χ1) is 13.1. The van der Waals surface area contributed by atoms with Crippen LogP contribution in [0.3, 0.4) is 0 Å². The van der Waals surface area contributed by atoms with E-state index in [-0.39, 0.29) is 5.56 Å². The Hall–Kier alpha value is -3.28. The van der Waals surface area contributed by atoms with Gasteiger partial charge in [-0.2, -0.15) is 0 Å². The van der Waals surface area contributed by atoms with E-state index in [1.807, 2.05) is 24.3 Å². The van der Waals surface area contributed by atoms with Gasteiger partial charge in [0.15, 0.2) is 11.6 Å². The van der Waals surface area contributed by atoms with Crippen LogP contribution in [0.15, 0.2) is 66.9 Å². The van der Waals surface area contributed by atoms with E-state index in [0.717, 1.165) is 30.9 Å². The molecule has 0 fully saturated rings. The first-order valence-electron chi connectivity index (χ1n) is 8.58. The molecule has 1 N–H and O–H groups in total. The Morgan fingerprint density at radius 1 is 1.04 bits per heavy atom. The molecule has 0 spiro atoms. The Morgan fingerprint density at radius 2 is 1.81 bits per heavy atom. The molecule has 3 aromatic rings. The molecule has 0 bridgehead atoms. The number of amides is 1. The second kappa shape index (κ2) is 8.40. The number of halogens is 2. The van der Waals surface area contributed by atoms with Crippen molar-refractivity contribution in [1.29, 1.82) is 0 Å². The number of aromatic nitrogens is 1. The van der Waals surface area contributed by atoms with Crippen LogP contribution in [0.1, 0.15) is 22.8 Å². The zero-order valence-electron chi connectivity index (χ0n) is 14.8. The third-order valence-electron chi connectivity index (χ3n) is 4.13. The maximum absolute atomic E-state index is 13.3. The van der Waals surface area contributed by atoms with Gasteiger partial charge in [0.1, 0.15) is 5.82 Å². The van der Waals surface area contributed by atoms with Crippen LogP contribution < -0.4 is 10.2 Å². The number of anilines is 2. The fourth-order valence-electron chi connectivity index (χ4n) is 2.66. The average molecular weight is 367 g/mol. The van der Waals surface area contributed by atoms with Crippen molar-refractivity contribution >= 4 is 17.4 Å². The Bertz CT molecular complexity index is 914. The zero-order valence-corrected chi connectivity index (χ0v) is 14.8. The summed E-state index contributed by atoms with van der Waals surface area (Å²) in [6.45, 7) is 3.61. The predicted octanol–water partition coefficient (Wildman–Crippen LogP) is 4.64. The van der Waals surface area contributed by atoms with E-state index in [1.54, 1.807) is 12.3 Å². The molecular formula is C21H19F2N3O. The van der Waals surface area contributed by atoms with Crippen molar-refractivity contribution in [3.63, 3.8) is 0 Å². The Morgan fingerprint density at radius 3 is 2.44 bits per heavy atom. The van der Waals surface area contributed by atoms with Crippen LogP contribution in [0, 0.1) is 11.6 Å². The van der Waals surface area contributed by atoms with Crippen molar-refractivity contribution in [2.75, 3.05) is 16.8 Å². The van der Waals surface area contributed by atoms with E-state index in [1.165, 1.54) is 11.6 Å². The minimum atomic E-state index is -1.06. The normalized spacial score (nSPS) is 10.5. The Labute approximate surface area is 156 Å². The van der Waals surface area contributed by atoms with Crippen molar-refractivity contribution < 1.29 is 13.6 Å². The molecule has 0 saturated carbocycles. The highest BCUT2D eigenvalue weighted by molar-refractivity contribution is 6.03. The lowest BCUT2D eigenvalue weighted by Gasteiger charge is -2.23. The summed E-state index contributed by atoms with van der Waals surface area (Å²) in [6, 6.07) is 16.6. The minimum Gasteiger partial charge on any atom is -0.366 e. The summed E-state index contributed by atoms with van der Waals surface area (Å²) in [5, 5.41) is 2.58. The number of nitrogens with zero attached hydrogens (tertiary/aromatic N) is 2. The molecular weight excluding hydrogens is 348 g/mol. The van der Waals surface area contributed by atoms with Gasteiger partial charge < -0.3 is 10.2 Å². The molecule has 2 aromatic carbocycles. The summed E-state index contributed by atoms with van der Waals surface area (Å²) < 4.78 is 26.2. The van der Waals surface area contributed by atoms with Crippen molar-refractivity contribution in [3.8, 4) is 0 Å². The number of benzene rings is 2. The summed E-state index contributed by atoms with van der Waals surface area (Å²) in [4.78, 5) is 18.6. The van der Waals surface area contributed by atoms with Crippen molar-refractivity contribution in [2.24, 2.45) is 0 Å². The topological polar surface area (TPSA) is 45.2 Å². The van der Waals surface area contributed by atoms with Gasteiger partial charge in [0, 0.05) is 18.7 Å². The lowest BCUT2D eigenvalue weighted by atomic mass is 10.2. The maximum Gasteiger partial charge on any atom is 0.256 e. The number of hydrogen-bond acceptors (Lipinski definition) is 3. The SMILES string of the molecule is CCN(Cc1ccccc1)c1ccc(NC(=O)c2ccc(F)c(F)c2)nc1. The average Bonchev–Trinajstić information content (AvgIpc) is 2.69. The van der Waals surface area contributed by atoms with Gasteiger partial charge in [-0.25, -0.2) is 13.8 Å². The smallest absolute Gasteiger partial charge is 0.256 e. The number of pyridine rings is 1. The summed E-state index contributed by atoms with van der Waals surface area (Å²) in [7, 11) is 0. The fraction of sp³-hybridized carbons (Fsp3) is 0.143. The van der Waals surface area contributed by atoms with Gasteiger partial charge in [-0.15, -0.1) is 0 Å².